The molecule has 21 heavy (non-hydrogen) atoms. The van der Waals surface area contributed by atoms with E-state index in [2.05, 4.69) is 17.3 Å². The van der Waals surface area contributed by atoms with E-state index < -0.39 is 0 Å². The Morgan fingerprint density at radius 2 is 1.86 bits per heavy atom. The molecule has 0 radical (unpaired) electrons. The average molecular weight is 285 g/mol. The number of aromatic nitrogens is 2. The van der Waals surface area contributed by atoms with E-state index in [1.807, 2.05) is 31.2 Å². The van der Waals surface area contributed by atoms with Crippen LogP contribution in [0, 0.1) is 0 Å². The van der Waals surface area contributed by atoms with Crippen LogP contribution in [-0.2, 0) is 17.8 Å². The van der Waals surface area contributed by atoms with Gasteiger partial charge < -0.3 is 5.32 Å². The molecule has 0 aliphatic rings. The van der Waals surface area contributed by atoms with Gasteiger partial charge in [0.1, 0.15) is 6.54 Å². The third-order valence-electron chi connectivity index (χ3n) is 3.19. The van der Waals surface area contributed by atoms with E-state index in [0.29, 0.717) is 12.2 Å². The fourth-order valence-electron chi connectivity index (χ4n) is 2.02. The number of likely N-dealkylation sites (N-methyl/N-ethyl adjacent to an activating group) is 1. The summed E-state index contributed by atoms with van der Waals surface area (Å²) in [5.41, 5.74) is 2.57. The first-order chi connectivity index (χ1) is 10.1. The summed E-state index contributed by atoms with van der Waals surface area (Å²) in [6, 6.07) is 11.1. The Kier molecular flexibility index (Phi) is 4.87. The molecule has 0 fully saturated rings. The molecule has 1 heterocycles. The molecule has 2 aromatic rings. The highest BCUT2D eigenvalue weighted by Crippen LogP contribution is 2.16. The molecule has 0 spiro atoms. The molecule has 1 aromatic carbocycles. The average Bonchev–Trinajstić information content (AvgIpc) is 2.50. The van der Waals surface area contributed by atoms with E-state index in [0.717, 1.165) is 12.0 Å². The van der Waals surface area contributed by atoms with Crippen molar-refractivity contribution in [3.05, 3.63) is 52.3 Å². The van der Waals surface area contributed by atoms with Crippen molar-refractivity contribution in [3.8, 4) is 11.3 Å². The van der Waals surface area contributed by atoms with Crippen molar-refractivity contribution in [2.75, 3.05) is 6.54 Å². The van der Waals surface area contributed by atoms with Crippen LogP contribution >= 0.6 is 0 Å². The molecule has 0 atom stereocenters. The number of rotatable bonds is 5. The van der Waals surface area contributed by atoms with E-state index in [1.54, 1.807) is 6.07 Å². The lowest BCUT2D eigenvalue weighted by Crippen LogP contribution is -2.33. The molecule has 110 valence electrons. The van der Waals surface area contributed by atoms with E-state index in [1.165, 1.54) is 16.3 Å². The highest BCUT2D eigenvalue weighted by atomic mass is 16.2. The molecular formula is C16H19N3O2. The monoisotopic (exact) mass is 285 g/mol. The van der Waals surface area contributed by atoms with Crippen LogP contribution in [0.25, 0.3) is 11.3 Å². The van der Waals surface area contributed by atoms with Gasteiger partial charge in [-0.25, -0.2) is 4.68 Å². The van der Waals surface area contributed by atoms with Gasteiger partial charge in [-0.05, 0) is 25.0 Å². The number of amides is 1. The van der Waals surface area contributed by atoms with Crippen LogP contribution in [0.3, 0.4) is 0 Å². The summed E-state index contributed by atoms with van der Waals surface area (Å²) >= 11 is 0. The van der Waals surface area contributed by atoms with Gasteiger partial charge in [0.15, 0.2) is 0 Å². The highest BCUT2D eigenvalue weighted by molar-refractivity contribution is 5.75. The van der Waals surface area contributed by atoms with Gasteiger partial charge in [-0.15, -0.1) is 0 Å². The summed E-state index contributed by atoms with van der Waals surface area (Å²) in [5, 5.41) is 6.92. The van der Waals surface area contributed by atoms with Gasteiger partial charge in [0, 0.05) is 18.2 Å². The van der Waals surface area contributed by atoms with Gasteiger partial charge >= 0.3 is 0 Å². The van der Waals surface area contributed by atoms with Crippen LogP contribution in [0.2, 0.25) is 0 Å². The largest absolute Gasteiger partial charge is 0.355 e. The van der Waals surface area contributed by atoms with Crippen LogP contribution in [0.4, 0.5) is 0 Å². The summed E-state index contributed by atoms with van der Waals surface area (Å²) in [6.45, 7) is 4.40. The van der Waals surface area contributed by atoms with Crippen molar-refractivity contribution < 1.29 is 4.79 Å². The summed E-state index contributed by atoms with van der Waals surface area (Å²) in [6.07, 6.45) is 0.977. The molecule has 0 aliphatic heterocycles. The van der Waals surface area contributed by atoms with Gasteiger partial charge in [0.05, 0.1) is 5.69 Å². The number of aryl methyl sites for hydroxylation is 1. The topological polar surface area (TPSA) is 64.0 Å². The minimum atomic E-state index is -0.282. The fourth-order valence-corrected chi connectivity index (χ4v) is 2.02. The third kappa shape index (κ3) is 3.78. The van der Waals surface area contributed by atoms with Crippen LogP contribution in [0.1, 0.15) is 19.4 Å². The predicted molar refractivity (Wildman–Crippen MR) is 82.0 cm³/mol. The van der Waals surface area contributed by atoms with Crippen molar-refractivity contribution in [2.45, 2.75) is 26.8 Å². The molecule has 0 bridgehead atoms. The molecular weight excluding hydrogens is 266 g/mol. The zero-order valence-corrected chi connectivity index (χ0v) is 12.3. The quantitative estimate of drug-likeness (QED) is 0.907. The molecule has 5 heteroatoms. The third-order valence-corrected chi connectivity index (χ3v) is 3.19. The van der Waals surface area contributed by atoms with Crippen LogP contribution in [-0.4, -0.2) is 22.2 Å². The molecule has 0 saturated carbocycles. The standard InChI is InChI=1S/C16H19N3O2/c1-3-12-5-7-13(8-6-12)14-9-10-16(21)19(18-14)11-15(20)17-4-2/h5-10H,3-4,11H2,1-2H3,(H,17,20). The first-order valence-electron chi connectivity index (χ1n) is 7.08. The minimum Gasteiger partial charge on any atom is -0.355 e. The maximum atomic E-state index is 11.8. The van der Waals surface area contributed by atoms with Crippen LogP contribution < -0.4 is 10.9 Å². The Morgan fingerprint density at radius 3 is 2.48 bits per heavy atom. The zero-order chi connectivity index (χ0) is 15.2. The van der Waals surface area contributed by atoms with Crippen LogP contribution in [0.15, 0.2) is 41.2 Å². The van der Waals surface area contributed by atoms with Gasteiger partial charge in [0.2, 0.25) is 5.91 Å². The van der Waals surface area contributed by atoms with Crippen molar-refractivity contribution in [1.82, 2.24) is 15.1 Å². The molecule has 0 aliphatic carbocycles. The van der Waals surface area contributed by atoms with E-state index in [-0.39, 0.29) is 18.0 Å². The predicted octanol–water partition coefficient (Wildman–Crippen LogP) is 1.61. The zero-order valence-electron chi connectivity index (χ0n) is 12.3. The van der Waals surface area contributed by atoms with Gasteiger partial charge in [-0.1, -0.05) is 31.2 Å². The highest BCUT2D eigenvalue weighted by Gasteiger charge is 2.07. The SMILES string of the molecule is CCNC(=O)Cn1nc(-c2ccc(CC)cc2)ccc1=O. The molecule has 1 N–H and O–H groups in total. The Bertz CT molecular complexity index is 675. The second-order valence-electron chi connectivity index (χ2n) is 4.72. The van der Waals surface area contributed by atoms with Crippen molar-refractivity contribution >= 4 is 5.91 Å². The lowest BCUT2D eigenvalue weighted by molar-refractivity contribution is -0.121. The second kappa shape index (κ2) is 6.83. The maximum absolute atomic E-state index is 11.8. The number of carbonyl (C=O) groups is 1. The van der Waals surface area contributed by atoms with Crippen molar-refractivity contribution in [3.63, 3.8) is 0 Å². The van der Waals surface area contributed by atoms with Gasteiger partial charge in [-0.3, -0.25) is 9.59 Å². The first kappa shape index (κ1) is 15.0. The number of hydrogen-bond donors (Lipinski definition) is 1. The summed E-state index contributed by atoms with van der Waals surface area (Å²) in [4.78, 5) is 23.3. The molecule has 1 aromatic heterocycles. The fraction of sp³-hybridized carbons (Fsp3) is 0.312. The van der Waals surface area contributed by atoms with Crippen LogP contribution in [0.5, 0.6) is 0 Å². The number of nitrogens with one attached hydrogen (secondary N) is 1. The summed E-state index contributed by atoms with van der Waals surface area (Å²) in [5.74, 6) is -0.217. The van der Waals surface area contributed by atoms with E-state index in [4.69, 9.17) is 0 Å². The molecule has 0 saturated heterocycles. The Morgan fingerprint density at radius 1 is 1.14 bits per heavy atom. The second-order valence-corrected chi connectivity index (χ2v) is 4.72. The van der Waals surface area contributed by atoms with Gasteiger partial charge in [0.25, 0.3) is 5.56 Å². The summed E-state index contributed by atoms with van der Waals surface area (Å²) in [7, 11) is 0. The number of nitrogens with zero attached hydrogens (tertiary/aromatic N) is 2. The molecule has 1 amide bonds. The van der Waals surface area contributed by atoms with E-state index >= 15 is 0 Å². The lowest BCUT2D eigenvalue weighted by Gasteiger charge is -2.07. The Labute approximate surface area is 123 Å². The first-order valence-corrected chi connectivity index (χ1v) is 7.08. The van der Waals surface area contributed by atoms with E-state index in [9.17, 15) is 9.59 Å². The minimum absolute atomic E-state index is 0.0619. The Balaban J connectivity index is 2.28. The van der Waals surface area contributed by atoms with Gasteiger partial charge in [-0.2, -0.15) is 5.10 Å². The number of benzene rings is 1. The summed E-state index contributed by atoms with van der Waals surface area (Å²) < 4.78 is 1.19. The molecule has 5 nitrogen and oxygen atoms in total. The number of carbonyl (C=O) groups excluding carboxylic acids is 1. The Hall–Kier alpha value is -2.43. The number of hydrogen-bond acceptors (Lipinski definition) is 3. The maximum Gasteiger partial charge on any atom is 0.267 e. The molecule has 2 rings (SSSR count). The molecule has 0 unspecified atom stereocenters. The lowest BCUT2D eigenvalue weighted by atomic mass is 10.1. The van der Waals surface area contributed by atoms with Crippen molar-refractivity contribution in [2.24, 2.45) is 0 Å². The normalized spacial score (nSPS) is 10.4. The smallest absolute Gasteiger partial charge is 0.267 e. The van der Waals surface area contributed by atoms with Crippen molar-refractivity contribution in [1.29, 1.82) is 0 Å².